The molecule has 0 heterocycles. The Kier molecular flexibility index (Phi) is 1.67. The van der Waals surface area contributed by atoms with Gasteiger partial charge in [0.25, 0.3) is 0 Å². The van der Waals surface area contributed by atoms with Crippen molar-refractivity contribution in [1.82, 2.24) is 0 Å². The molecule has 1 nitrogen and oxygen atoms in total. The monoisotopic (exact) mass is 268 g/mol. The predicted octanol–water partition coefficient (Wildman–Crippen LogP) is 2.26. The zero-order valence-corrected chi connectivity index (χ0v) is 8.73. The molecule has 2 saturated carbocycles. The van der Waals surface area contributed by atoms with Crippen molar-refractivity contribution in [3.05, 3.63) is 0 Å². The molecule has 0 bridgehead atoms. The Morgan fingerprint density at radius 3 is 2.40 bits per heavy atom. The van der Waals surface area contributed by atoms with Crippen LogP contribution < -0.4 is 0 Å². The second kappa shape index (κ2) is 2.20. The van der Waals surface area contributed by atoms with E-state index in [1.807, 2.05) is 0 Å². The van der Waals surface area contributed by atoms with Gasteiger partial charge in [-0.15, -0.1) is 0 Å². The molecule has 2 fully saturated rings. The van der Waals surface area contributed by atoms with Gasteiger partial charge in [0, 0.05) is 0 Å². The van der Waals surface area contributed by atoms with Gasteiger partial charge in [0.1, 0.15) is 0 Å². The summed E-state index contributed by atoms with van der Waals surface area (Å²) in [6, 6.07) is 0. The summed E-state index contributed by atoms with van der Waals surface area (Å²) in [7, 11) is 0. The van der Waals surface area contributed by atoms with Crippen molar-refractivity contribution in [3.63, 3.8) is 0 Å². The lowest BCUT2D eigenvalue weighted by Gasteiger charge is -2.26. The minimum Gasteiger partial charge on any atom is -0.388 e. The molecule has 0 spiro atoms. The second-order valence-electron chi connectivity index (χ2n) is 3.43. The molecule has 3 heteroatoms. The highest BCUT2D eigenvalue weighted by atomic mass is 79.9. The molecule has 0 unspecified atom stereocenters. The Morgan fingerprint density at radius 1 is 1.50 bits per heavy atom. The van der Waals surface area contributed by atoms with Gasteiger partial charge in [0.05, 0.1) is 9.34 Å². The molecule has 58 valence electrons. The number of halogens is 2. The summed E-state index contributed by atoms with van der Waals surface area (Å²) < 4.78 is 0.0880. The van der Waals surface area contributed by atoms with Crippen molar-refractivity contribution in [2.24, 2.45) is 11.8 Å². The fraction of sp³-hybridized carbons (Fsp3) is 1.00. The van der Waals surface area contributed by atoms with E-state index >= 15 is 0 Å². The van der Waals surface area contributed by atoms with Crippen LogP contribution in [0.5, 0.6) is 0 Å². The van der Waals surface area contributed by atoms with Crippen LogP contribution >= 0.6 is 31.9 Å². The molecule has 0 aromatic rings. The largest absolute Gasteiger partial charge is 0.388 e. The molecule has 2 rings (SSSR count). The van der Waals surface area contributed by atoms with E-state index in [4.69, 9.17) is 0 Å². The zero-order valence-electron chi connectivity index (χ0n) is 5.56. The number of rotatable bonds is 1. The van der Waals surface area contributed by atoms with E-state index in [1.54, 1.807) is 0 Å². The van der Waals surface area contributed by atoms with Crippen LogP contribution in [0.25, 0.3) is 0 Å². The lowest BCUT2D eigenvalue weighted by Crippen LogP contribution is -2.35. The van der Waals surface area contributed by atoms with Crippen molar-refractivity contribution >= 4 is 31.9 Å². The van der Waals surface area contributed by atoms with Gasteiger partial charge in [0.15, 0.2) is 0 Å². The number of hydrogen-bond acceptors (Lipinski definition) is 1. The Morgan fingerprint density at radius 2 is 2.20 bits per heavy atom. The van der Waals surface area contributed by atoms with Gasteiger partial charge >= 0.3 is 0 Å². The molecule has 10 heavy (non-hydrogen) atoms. The van der Waals surface area contributed by atoms with E-state index in [0.717, 1.165) is 12.3 Å². The molecular formula is C7H10Br2O. The molecule has 0 saturated heterocycles. The molecule has 0 amide bonds. The highest BCUT2D eigenvalue weighted by molar-refractivity contribution is 9.24. The van der Waals surface area contributed by atoms with Crippen LogP contribution in [0.3, 0.4) is 0 Å². The minimum atomic E-state index is -0.440. The normalized spacial score (nSPS) is 51.6. The molecule has 0 radical (unpaired) electrons. The molecule has 0 aromatic carbocycles. The first-order valence-corrected chi connectivity index (χ1v) is 5.48. The average Bonchev–Trinajstić information content (AvgIpc) is 2.56. The van der Waals surface area contributed by atoms with E-state index in [0.29, 0.717) is 5.92 Å². The predicted molar refractivity (Wildman–Crippen MR) is 47.4 cm³/mol. The summed E-state index contributed by atoms with van der Waals surface area (Å²) in [6.45, 7) is 0. The van der Waals surface area contributed by atoms with E-state index in [1.165, 1.54) is 12.8 Å². The van der Waals surface area contributed by atoms with Crippen LogP contribution in [0, 0.1) is 11.8 Å². The first kappa shape index (κ1) is 7.56. The quantitative estimate of drug-likeness (QED) is 0.724. The van der Waals surface area contributed by atoms with Crippen LogP contribution in [-0.2, 0) is 0 Å². The third kappa shape index (κ3) is 0.901. The Labute approximate surface area is 77.4 Å². The van der Waals surface area contributed by atoms with E-state index < -0.39 is 5.60 Å². The molecule has 1 N–H and O–H groups in total. The second-order valence-corrected chi connectivity index (χ2v) is 6.49. The maximum absolute atomic E-state index is 9.98. The zero-order chi connectivity index (χ0) is 7.35. The fourth-order valence-corrected chi connectivity index (χ4v) is 3.19. The summed E-state index contributed by atoms with van der Waals surface area (Å²) in [4.78, 5) is 0. The van der Waals surface area contributed by atoms with Gasteiger partial charge in [-0.25, -0.2) is 0 Å². The number of fused-ring (bicyclic) bond motifs is 1. The number of aliphatic hydroxyl groups is 1. The summed E-state index contributed by atoms with van der Waals surface area (Å²) >= 11 is 6.78. The van der Waals surface area contributed by atoms with Gasteiger partial charge in [-0.3, -0.25) is 0 Å². The summed E-state index contributed by atoms with van der Waals surface area (Å²) in [5, 5.41) is 9.98. The van der Waals surface area contributed by atoms with Crippen LogP contribution in [-0.4, -0.2) is 14.4 Å². The Hall–Kier alpha value is 0.920. The summed E-state index contributed by atoms with van der Waals surface area (Å²) in [5.41, 5.74) is -0.440. The topological polar surface area (TPSA) is 20.2 Å². The minimum absolute atomic E-state index is 0.0880. The Bertz CT molecular complexity index is 160. The summed E-state index contributed by atoms with van der Waals surface area (Å²) in [6.07, 6.45) is 3.42. The summed E-state index contributed by atoms with van der Waals surface area (Å²) in [5.74, 6) is 1.42. The van der Waals surface area contributed by atoms with Crippen molar-refractivity contribution in [3.8, 4) is 0 Å². The first-order chi connectivity index (χ1) is 4.64. The third-order valence-corrected chi connectivity index (χ3v) is 4.44. The van der Waals surface area contributed by atoms with Crippen molar-refractivity contribution in [2.45, 2.75) is 28.6 Å². The van der Waals surface area contributed by atoms with E-state index in [2.05, 4.69) is 31.9 Å². The lowest BCUT2D eigenvalue weighted by atomic mass is 10.0. The van der Waals surface area contributed by atoms with Crippen molar-refractivity contribution in [1.29, 1.82) is 0 Å². The molecule has 2 aliphatic rings. The average molecular weight is 270 g/mol. The molecule has 0 aromatic heterocycles. The van der Waals surface area contributed by atoms with Crippen LogP contribution in [0.1, 0.15) is 19.3 Å². The smallest absolute Gasteiger partial charge is 0.0986 e. The maximum atomic E-state index is 9.98. The van der Waals surface area contributed by atoms with Gasteiger partial charge < -0.3 is 5.11 Å². The molecule has 2 aliphatic carbocycles. The van der Waals surface area contributed by atoms with Crippen molar-refractivity contribution in [2.75, 3.05) is 0 Å². The van der Waals surface area contributed by atoms with Gasteiger partial charge in [0.2, 0.25) is 0 Å². The third-order valence-electron chi connectivity index (χ3n) is 2.86. The van der Waals surface area contributed by atoms with E-state index in [-0.39, 0.29) is 3.74 Å². The lowest BCUT2D eigenvalue weighted by molar-refractivity contribution is 0.0448. The molecular weight excluding hydrogens is 260 g/mol. The van der Waals surface area contributed by atoms with Gasteiger partial charge in [-0.1, -0.05) is 31.9 Å². The Balaban J connectivity index is 2.14. The SMILES string of the molecule is O[C@]1(C(Br)Br)CC[C@@H]2C[C@@H]21. The fourth-order valence-electron chi connectivity index (χ4n) is 2.05. The van der Waals surface area contributed by atoms with Crippen LogP contribution in [0.2, 0.25) is 0 Å². The van der Waals surface area contributed by atoms with Gasteiger partial charge in [-0.05, 0) is 31.1 Å². The highest BCUT2D eigenvalue weighted by Crippen LogP contribution is 2.60. The van der Waals surface area contributed by atoms with Crippen molar-refractivity contribution < 1.29 is 5.11 Å². The number of alkyl halides is 2. The first-order valence-electron chi connectivity index (χ1n) is 3.65. The maximum Gasteiger partial charge on any atom is 0.0986 e. The van der Waals surface area contributed by atoms with E-state index in [9.17, 15) is 5.11 Å². The van der Waals surface area contributed by atoms with Crippen LogP contribution in [0.15, 0.2) is 0 Å². The molecule has 0 aliphatic heterocycles. The van der Waals surface area contributed by atoms with Gasteiger partial charge in [-0.2, -0.15) is 0 Å². The highest BCUT2D eigenvalue weighted by Gasteiger charge is 2.59. The van der Waals surface area contributed by atoms with Crippen LogP contribution in [0.4, 0.5) is 0 Å². The number of hydrogen-bond donors (Lipinski definition) is 1. The standard InChI is InChI=1S/C7H10Br2O/c8-6(9)7(10)2-1-4-3-5(4)7/h4-6,10H,1-3H2/t4-,5+,7-/m1/s1. The molecule has 3 atom stereocenters.